The summed E-state index contributed by atoms with van der Waals surface area (Å²) in [7, 11) is 1.04. The molecular formula is C12H16ClF2NO4S. The molecule has 1 heterocycles. The monoisotopic (exact) mass is 343 g/mol. The van der Waals surface area contributed by atoms with E-state index in [1.807, 2.05) is 13.8 Å². The average Bonchev–Trinajstić information content (AvgIpc) is 2.71. The molecule has 1 rings (SSSR count). The Bertz CT molecular complexity index is 613. The second kappa shape index (κ2) is 6.74. The summed E-state index contributed by atoms with van der Waals surface area (Å²) in [5.41, 5.74) is -0.276. The fourth-order valence-corrected chi connectivity index (χ4v) is 2.21. The number of hydrogen-bond acceptors (Lipinski definition) is 4. The van der Waals surface area contributed by atoms with Crippen molar-refractivity contribution < 1.29 is 26.7 Å². The number of hydrogen-bond donors (Lipinski definition) is 0. The van der Waals surface area contributed by atoms with E-state index in [9.17, 15) is 22.0 Å². The predicted molar refractivity (Wildman–Crippen MR) is 73.2 cm³/mol. The zero-order valence-corrected chi connectivity index (χ0v) is 13.3. The number of esters is 1. The highest BCUT2D eigenvalue weighted by atomic mass is 35.7. The Hall–Kier alpha value is -1.15. The first-order chi connectivity index (χ1) is 9.52. The highest BCUT2D eigenvalue weighted by molar-refractivity contribution is 8.13. The highest BCUT2D eigenvalue weighted by Crippen LogP contribution is 2.21. The fourth-order valence-electron chi connectivity index (χ4n) is 1.45. The molecule has 5 nitrogen and oxygen atoms in total. The summed E-state index contributed by atoms with van der Waals surface area (Å²) in [6.45, 7) is 4.48. The molecule has 1 aromatic rings. The molecule has 9 heteroatoms. The molecule has 1 unspecified atom stereocenters. The second-order valence-electron chi connectivity index (χ2n) is 4.90. The Labute approximate surface area is 126 Å². The molecule has 0 radical (unpaired) electrons. The molecule has 0 fully saturated rings. The van der Waals surface area contributed by atoms with Crippen molar-refractivity contribution >= 4 is 25.7 Å². The Morgan fingerprint density at radius 3 is 2.38 bits per heavy atom. The maximum Gasteiger partial charge on any atom is 0.355 e. The Balaban J connectivity index is 3.14. The largest absolute Gasteiger partial charge is 0.458 e. The third kappa shape index (κ3) is 4.96. The minimum Gasteiger partial charge on any atom is -0.458 e. The van der Waals surface area contributed by atoms with Gasteiger partial charge in [0.1, 0.15) is 16.7 Å². The van der Waals surface area contributed by atoms with Crippen molar-refractivity contribution in [3.63, 3.8) is 0 Å². The smallest absolute Gasteiger partial charge is 0.355 e. The first kappa shape index (κ1) is 17.9. The van der Waals surface area contributed by atoms with Crippen LogP contribution in [-0.4, -0.2) is 31.5 Å². The van der Waals surface area contributed by atoms with E-state index in [2.05, 4.69) is 0 Å². The van der Waals surface area contributed by atoms with Gasteiger partial charge in [-0.05, 0) is 18.9 Å². The van der Waals surface area contributed by atoms with E-state index in [1.165, 1.54) is 0 Å². The molecule has 0 aliphatic rings. The van der Waals surface area contributed by atoms with Gasteiger partial charge in [-0.25, -0.2) is 22.0 Å². The lowest BCUT2D eigenvalue weighted by Gasteiger charge is -2.17. The molecule has 0 saturated heterocycles. The summed E-state index contributed by atoms with van der Waals surface area (Å²) in [4.78, 5) is 11.6. The molecule has 0 aromatic carbocycles. The SMILES string of the molecule is CC(C)C(C)OC(=O)c1cc(S(=O)(=O)Cl)cn1CC(F)F. The molecule has 1 aromatic heterocycles. The lowest BCUT2D eigenvalue weighted by atomic mass is 10.1. The van der Waals surface area contributed by atoms with Crippen LogP contribution in [-0.2, 0) is 20.3 Å². The van der Waals surface area contributed by atoms with Crippen molar-refractivity contribution in [1.82, 2.24) is 4.57 Å². The van der Waals surface area contributed by atoms with Crippen molar-refractivity contribution in [1.29, 1.82) is 0 Å². The number of ether oxygens (including phenoxy) is 1. The van der Waals surface area contributed by atoms with Crippen molar-refractivity contribution in [2.24, 2.45) is 5.92 Å². The van der Waals surface area contributed by atoms with E-state index in [1.54, 1.807) is 6.92 Å². The van der Waals surface area contributed by atoms with Crippen LogP contribution in [0, 0.1) is 5.92 Å². The van der Waals surface area contributed by atoms with E-state index in [0.717, 1.165) is 16.8 Å². The van der Waals surface area contributed by atoms with Crippen molar-refractivity contribution in [2.45, 2.75) is 44.7 Å². The Morgan fingerprint density at radius 1 is 1.38 bits per heavy atom. The minimum atomic E-state index is -4.12. The minimum absolute atomic E-state index is 0.0312. The standard InChI is InChI=1S/C12H16ClF2NO4S/c1-7(2)8(3)20-12(17)10-4-9(21(13,18)19)5-16(10)6-11(14)15/h4-5,7-8,11H,6H2,1-3H3. The molecule has 0 bridgehead atoms. The number of carbonyl (C=O) groups excluding carboxylic acids is 1. The number of rotatable bonds is 6. The van der Waals surface area contributed by atoms with Crippen molar-refractivity contribution in [3.05, 3.63) is 18.0 Å². The van der Waals surface area contributed by atoms with Crippen LogP contribution in [0.15, 0.2) is 17.2 Å². The fraction of sp³-hybridized carbons (Fsp3) is 0.583. The summed E-state index contributed by atoms with van der Waals surface area (Å²) in [6.07, 6.45) is -2.30. The molecule has 0 aliphatic carbocycles. The van der Waals surface area contributed by atoms with Gasteiger partial charge in [-0.1, -0.05) is 13.8 Å². The highest BCUT2D eigenvalue weighted by Gasteiger charge is 2.24. The third-order valence-electron chi connectivity index (χ3n) is 2.93. The van der Waals surface area contributed by atoms with Gasteiger partial charge in [-0.15, -0.1) is 0 Å². The Kier molecular flexibility index (Phi) is 5.75. The third-order valence-corrected chi connectivity index (χ3v) is 4.25. The van der Waals surface area contributed by atoms with Crippen LogP contribution < -0.4 is 0 Å². The first-order valence-corrected chi connectivity index (χ1v) is 8.47. The molecule has 0 saturated carbocycles. The number of nitrogens with zero attached hydrogens (tertiary/aromatic N) is 1. The summed E-state index contributed by atoms with van der Waals surface area (Å²) in [6, 6.07) is 0.931. The van der Waals surface area contributed by atoms with E-state index in [0.29, 0.717) is 0 Å². The van der Waals surface area contributed by atoms with Crippen LogP contribution in [0.3, 0.4) is 0 Å². The molecule has 0 N–H and O–H groups in total. The molecular weight excluding hydrogens is 328 g/mol. The van der Waals surface area contributed by atoms with E-state index < -0.39 is 39.0 Å². The molecule has 1 atom stereocenters. The zero-order chi connectivity index (χ0) is 16.4. The van der Waals surface area contributed by atoms with Gasteiger partial charge in [-0.3, -0.25) is 0 Å². The van der Waals surface area contributed by atoms with Crippen molar-refractivity contribution in [2.75, 3.05) is 0 Å². The number of carbonyl (C=O) groups is 1. The first-order valence-electron chi connectivity index (χ1n) is 6.16. The average molecular weight is 344 g/mol. The van der Waals surface area contributed by atoms with Gasteiger partial charge in [0.2, 0.25) is 0 Å². The normalized spacial score (nSPS) is 13.7. The second-order valence-corrected chi connectivity index (χ2v) is 7.46. The van der Waals surface area contributed by atoms with Crippen LogP contribution in [0.25, 0.3) is 0 Å². The van der Waals surface area contributed by atoms with Gasteiger partial charge in [0.15, 0.2) is 0 Å². The van der Waals surface area contributed by atoms with Crippen LogP contribution in [0.1, 0.15) is 31.3 Å². The molecule has 0 spiro atoms. The molecule has 120 valence electrons. The lowest BCUT2D eigenvalue weighted by Crippen LogP contribution is -2.22. The zero-order valence-electron chi connectivity index (χ0n) is 11.7. The predicted octanol–water partition coefficient (Wildman–Crippen LogP) is 2.88. The maximum atomic E-state index is 12.5. The molecule has 0 aliphatic heterocycles. The van der Waals surface area contributed by atoms with Gasteiger partial charge in [-0.2, -0.15) is 0 Å². The van der Waals surface area contributed by atoms with Crippen LogP contribution in [0.5, 0.6) is 0 Å². The Morgan fingerprint density at radius 2 is 1.95 bits per heavy atom. The summed E-state index contributed by atoms with van der Waals surface area (Å²) >= 11 is 0. The van der Waals surface area contributed by atoms with E-state index in [4.69, 9.17) is 15.4 Å². The van der Waals surface area contributed by atoms with Crippen LogP contribution in [0.2, 0.25) is 0 Å². The van der Waals surface area contributed by atoms with Gasteiger partial charge < -0.3 is 9.30 Å². The van der Waals surface area contributed by atoms with Gasteiger partial charge in [0.25, 0.3) is 15.5 Å². The number of aromatic nitrogens is 1. The van der Waals surface area contributed by atoms with E-state index in [-0.39, 0.29) is 11.6 Å². The van der Waals surface area contributed by atoms with Gasteiger partial charge in [0.05, 0.1) is 6.54 Å². The quantitative estimate of drug-likeness (QED) is 0.588. The lowest BCUT2D eigenvalue weighted by molar-refractivity contribution is 0.0221. The summed E-state index contributed by atoms with van der Waals surface area (Å²) in [5, 5.41) is 0. The van der Waals surface area contributed by atoms with E-state index >= 15 is 0 Å². The maximum absolute atomic E-state index is 12.5. The van der Waals surface area contributed by atoms with Gasteiger partial charge in [0, 0.05) is 16.9 Å². The topological polar surface area (TPSA) is 65.4 Å². The summed E-state index contributed by atoms with van der Waals surface area (Å²) in [5.74, 6) is -0.841. The number of alkyl halides is 2. The van der Waals surface area contributed by atoms with Crippen molar-refractivity contribution in [3.8, 4) is 0 Å². The molecule has 21 heavy (non-hydrogen) atoms. The van der Waals surface area contributed by atoms with Crippen LogP contribution >= 0.6 is 10.7 Å². The summed E-state index contributed by atoms with van der Waals surface area (Å²) < 4.78 is 53.4. The van der Waals surface area contributed by atoms with Crippen LogP contribution in [0.4, 0.5) is 8.78 Å². The number of halogens is 3. The van der Waals surface area contributed by atoms with Gasteiger partial charge >= 0.3 is 5.97 Å². The molecule has 0 amide bonds.